The van der Waals surface area contributed by atoms with Crippen LogP contribution in [0, 0.1) is 20.2 Å². The van der Waals surface area contributed by atoms with Crippen molar-refractivity contribution in [3.8, 4) is 0 Å². The molecule has 1 rings (SSSR count). The predicted octanol–water partition coefficient (Wildman–Crippen LogP) is 1.74. The van der Waals surface area contributed by atoms with Crippen LogP contribution in [0.4, 0.5) is 11.4 Å². The third-order valence-corrected chi connectivity index (χ3v) is 3.64. The molecule has 0 radical (unpaired) electrons. The van der Waals surface area contributed by atoms with Gasteiger partial charge in [-0.3, -0.25) is 24.8 Å². The molecule has 0 aliphatic heterocycles. The second-order valence-corrected chi connectivity index (χ2v) is 5.44. The fraction of sp³-hybridized carbons (Fsp3) is 0.250. The fourth-order valence-electron chi connectivity index (χ4n) is 1.46. The van der Waals surface area contributed by atoms with Crippen molar-refractivity contribution < 1.29 is 24.2 Å². The van der Waals surface area contributed by atoms with Gasteiger partial charge in [-0.05, 0) is 13.0 Å². The van der Waals surface area contributed by atoms with E-state index >= 15 is 0 Å². The summed E-state index contributed by atoms with van der Waals surface area (Å²) in [5.74, 6) is 0. The average molecular weight is 276 g/mol. The first kappa shape index (κ1) is 14.2. The summed E-state index contributed by atoms with van der Waals surface area (Å²) < 4.78 is 11.1. The number of hydrogen-bond acceptors (Lipinski definition) is 5. The molecule has 1 unspecified atom stereocenters. The zero-order chi connectivity index (χ0) is 14.1. The van der Waals surface area contributed by atoms with Crippen LogP contribution in [0.2, 0.25) is 0 Å². The van der Waals surface area contributed by atoms with Crippen LogP contribution in [0.3, 0.4) is 0 Å². The lowest BCUT2D eigenvalue weighted by molar-refractivity contribution is -0.395. The highest BCUT2D eigenvalue weighted by molar-refractivity contribution is 7.52. The molecular formula is C8H9N2O7P. The first-order chi connectivity index (χ1) is 8.16. The minimum absolute atomic E-state index is 0.569. The Bertz CT molecular complexity index is 520. The zero-order valence-corrected chi connectivity index (χ0v) is 9.98. The van der Waals surface area contributed by atoms with Crippen molar-refractivity contribution >= 4 is 19.0 Å². The van der Waals surface area contributed by atoms with Crippen molar-refractivity contribution in [2.45, 2.75) is 12.6 Å². The molecule has 0 heterocycles. The normalized spacial score (nSPS) is 13.1. The Kier molecular flexibility index (Phi) is 3.80. The quantitative estimate of drug-likeness (QED) is 0.484. The van der Waals surface area contributed by atoms with Gasteiger partial charge >= 0.3 is 7.60 Å². The van der Waals surface area contributed by atoms with E-state index in [4.69, 9.17) is 9.79 Å². The van der Waals surface area contributed by atoms with Gasteiger partial charge in [0.1, 0.15) is 5.56 Å². The summed E-state index contributed by atoms with van der Waals surface area (Å²) in [6, 6.07) is 3.02. The largest absolute Gasteiger partial charge is 0.333 e. The molecule has 0 amide bonds. The monoisotopic (exact) mass is 276 g/mol. The van der Waals surface area contributed by atoms with Crippen molar-refractivity contribution in [1.82, 2.24) is 0 Å². The van der Waals surface area contributed by atoms with Crippen molar-refractivity contribution in [3.05, 3.63) is 44.0 Å². The molecule has 0 spiro atoms. The van der Waals surface area contributed by atoms with Crippen molar-refractivity contribution in [1.29, 1.82) is 0 Å². The standard InChI is InChI=1S/C8H9N2O7P/c1-5(18(15,16)17)8-6(9(11)12)3-2-4-7(8)10(13)14/h2-5H,1H3,(H2,15,16,17). The molecule has 10 heteroatoms. The van der Waals surface area contributed by atoms with E-state index in [1.54, 1.807) is 0 Å². The van der Waals surface area contributed by atoms with Crippen LogP contribution in [-0.2, 0) is 4.57 Å². The van der Waals surface area contributed by atoms with E-state index in [0.717, 1.165) is 25.1 Å². The van der Waals surface area contributed by atoms with Crippen LogP contribution >= 0.6 is 7.60 Å². The van der Waals surface area contributed by atoms with Crippen LogP contribution in [0.1, 0.15) is 18.1 Å². The van der Waals surface area contributed by atoms with E-state index in [9.17, 15) is 24.8 Å². The SMILES string of the molecule is CC(c1c([N+](=O)[O-])cccc1[N+](=O)[O-])P(=O)(O)O. The van der Waals surface area contributed by atoms with Crippen molar-refractivity contribution in [3.63, 3.8) is 0 Å². The smallest absolute Gasteiger partial charge is 0.324 e. The van der Waals surface area contributed by atoms with Crippen LogP contribution < -0.4 is 0 Å². The summed E-state index contributed by atoms with van der Waals surface area (Å²) in [6.45, 7) is 1.01. The van der Waals surface area contributed by atoms with Gasteiger partial charge in [-0.2, -0.15) is 0 Å². The molecule has 0 aliphatic rings. The summed E-state index contributed by atoms with van der Waals surface area (Å²) in [5.41, 5.74) is -3.56. The Hall–Kier alpha value is -1.83. The molecule has 0 bridgehead atoms. The third-order valence-electron chi connectivity index (χ3n) is 2.38. The van der Waals surface area contributed by atoms with E-state index in [-0.39, 0.29) is 0 Å². The molecule has 0 aliphatic carbocycles. The first-order valence-electron chi connectivity index (χ1n) is 4.63. The van der Waals surface area contributed by atoms with Gasteiger partial charge in [0.25, 0.3) is 11.4 Å². The molecule has 1 aromatic rings. The maximum absolute atomic E-state index is 11.1. The van der Waals surface area contributed by atoms with Crippen LogP contribution in [0.15, 0.2) is 18.2 Å². The summed E-state index contributed by atoms with van der Waals surface area (Å²) in [6.07, 6.45) is 0. The molecule has 0 aromatic heterocycles. The van der Waals surface area contributed by atoms with E-state index in [1.165, 1.54) is 0 Å². The summed E-state index contributed by atoms with van der Waals surface area (Å²) in [7, 11) is -4.72. The number of hydrogen-bond donors (Lipinski definition) is 2. The highest BCUT2D eigenvalue weighted by Crippen LogP contribution is 2.55. The molecule has 0 fully saturated rings. The lowest BCUT2D eigenvalue weighted by Gasteiger charge is -2.13. The Morgan fingerprint density at radius 1 is 1.17 bits per heavy atom. The summed E-state index contributed by atoms with van der Waals surface area (Å²) >= 11 is 0. The highest BCUT2D eigenvalue weighted by Gasteiger charge is 2.37. The minimum atomic E-state index is -4.72. The van der Waals surface area contributed by atoms with Crippen molar-refractivity contribution in [2.24, 2.45) is 0 Å². The molecule has 9 nitrogen and oxygen atoms in total. The Morgan fingerprint density at radius 2 is 1.56 bits per heavy atom. The second-order valence-electron chi connectivity index (χ2n) is 3.49. The van der Waals surface area contributed by atoms with E-state index in [2.05, 4.69) is 0 Å². The van der Waals surface area contributed by atoms with Gasteiger partial charge in [0, 0.05) is 12.1 Å². The molecular weight excluding hydrogens is 267 g/mol. The minimum Gasteiger partial charge on any atom is -0.324 e. The van der Waals surface area contributed by atoms with Crippen molar-refractivity contribution in [2.75, 3.05) is 0 Å². The van der Waals surface area contributed by atoms with Gasteiger partial charge in [-0.15, -0.1) is 0 Å². The van der Waals surface area contributed by atoms with Crippen LogP contribution in [0.25, 0.3) is 0 Å². The lowest BCUT2D eigenvalue weighted by atomic mass is 10.1. The molecule has 0 saturated heterocycles. The highest BCUT2D eigenvalue weighted by atomic mass is 31.2. The second kappa shape index (κ2) is 4.81. The molecule has 1 atom stereocenters. The zero-order valence-electron chi connectivity index (χ0n) is 9.09. The van der Waals surface area contributed by atoms with Gasteiger partial charge in [-0.25, -0.2) is 0 Å². The lowest BCUT2D eigenvalue weighted by Crippen LogP contribution is -2.05. The number of nitro benzene ring substituents is 2. The van der Waals surface area contributed by atoms with Gasteiger partial charge in [0.05, 0.1) is 15.5 Å². The number of benzene rings is 1. The summed E-state index contributed by atoms with van der Waals surface area (Å²) in [4.78, 5) is 37.7. The Morgan fingerprint density at radius 3 is 1.83 bits per heavy atom. The van der Waals surface area contributed by atoms with Crippen LogP contribution in [-0.4, -0.2) is 19.6 Å². The molecule has 98 valence electrons. The van der Waals surface area contributed by atoms with Gasteiger partial charge < -0.3 is 9.79 Å². The molecule has 2 N–H and O–H groups in total. The van der Waals surface area contributed by atoms with Crippen LogP contribution in [0.5, 0.6) is 0 Å². The predicted molar refractivity (Wildman–Crippen MR) is 60.2 cm³/mol. The van der Waals surface area contributed by atoms with E-state index in [0.29, 0.717) is 0 Å². The third kappa shape index (κ3) is 2.70. The maximum atomic E-state index is 11.1. The molecule has 0 saturated carbocycles. The molecule has 18 heavy (non-hydrogen) atoms. The number of rotatable bonds is 4. The van der Waals surface area contributed by atoms with Gasteiger partial charge in [0.2, 0.25) is 0 Å². The van der Waals surface area contributed by atoms with Gasteiger partial charge in [-0.1, -0.05) is 0 Å². The van der Waals surface area contributed by atoms with E-state index < -0.39 is 40.0 Å². The van der Waals surface area contributed by atoms with E-state index in [1.807, 2.05) is 0 Å². The fourth-order valence-corrected chi connectivity index (χ4v) is 2.06. The van der Waals surface area contributed by atoms with Gasteiger partial charge in [0.15, 0.2) is 0 Å². The number of nitro groups is 2. The topological polar surface area (TPSA) is 144 Å². The Balaban J connectivity index is 3.60. The summed E-state index contributed by atoms with van der Waals surface area (Å²) in [5, 5.41) is 21.5. The maximum Gasteiger partial charge on any atom is 0.333 e. The number of nitrogens with zero attached hydrogens (tertiary/aromatic N) is 2. The Labute approximate surface area is 101 Å². The molecule has 1 aromatic carbocycles. The first-order valence-corrected chi connectivity index (χ1v) is 6.31. The average Bonchev–Trinajstić information content (AvgIpc) is 2.25.